The monoisotopic (exact) mass is 643 g/mol. The Morgan fingerprint density at radius 1 is 0.951 bits per heavy atom. The van der Waals surface area contributed by atoms with Crippen LogP contribution in [0, 0.1) is 34.5 Å². The van der Waals surface area contributed by atoms with Crippen molar-refractivity contribution in [3.63, 3.8) is 0 Å². The predicted octanol–water partition coefficient (Wildman–Crippen LogP) is 11.6. The summed E-state index contributed by atoms with van der Waals surface area (Å²) in [6, 6.07) is 0. The summed E-state index contributed by atoms with van der Waals surface area (Å²) >= 11 is 12.9. The van der Waals surface area contributed by atoms with Gasteiger partial charge < -0.3 is 8.85 Å². The van der Waals surface area contributed by atoms with Crippen LogP contribution < -0.4 is 0 Å². The summed E-state index contributed by atoms with van der Waals surface area (Å²) in [5.41, 5.74) is 10.7. The number of hydrogen-bond acceptors (Lipinski definition) is 3. The fourth-order valence-corrected chi connectivity index (χ4v) is 11.0. The van der Waals surface area contributed by atoms with Crippen molar-refractivity contribution in [2.45, 2.75) is 143 Å². The second-order valence-electron chi connectivity index (χ2n) is 17.1. The van der Waals surface area contributed by atoms with Crippen molar-refractivity contribution >= 4 is 39.8 Å². The molecule has 0 N–H and O–H groups in total. The fraction of sp³-hybridized carbons (Fsp3) is 0.938. The first-order valence-corrected chi connectivity index (χ1v) is 22.6. The number of allylic oxidation sites excluding steroid dienone is 1. The summed E-state index contributed by atoms with van der Waals surface area (Å²) in [5.74, 6) is 1.60. The molecule has 0 aliphatic heterocycles. The topological polar surface area (TPSA) is 67.2 Å². The molecule has 3 fully saturated rings. The van der Waals surface area contributed by atoms with Crippen LogP contribution in [0.4, 0.5) is 0 Å². The molecule has 0 radical (unpaired) electrons. The van der Waals surface area contributed by atoms with E-state index in [1.54, 1.807) is 0 Å². The summed E-state index contributed by atoms with van der Waals surface area (Å²) in [6.45, 7) is 29.7. The first kappa shape index (κ1) is 35.5. The molecule has 3 unspecified atom stereocenters. The number of halogens is 2. The highest BCUT2D eigenvalue weighted by Crippen LogP contribution is 2.65. The van der Waals surface area contributed by atoms with Crippen LogP contribution in [0.15, 0.2) is 15.2 Å². The van der Waals surface area contributed by atoms with E-state index in [9.17, 15) is 5.53 Å². The molecule has 0 bridgehead atoms. The van der Waals surface area contributed by atoms with Crippen LogP contribution in [-0.4, -0.2) is 35.9 Å². The van der Waals surface area contributed by atoms with Crippen LogP contribution in [-0.2, 0) is 8.85 Å². The van der Waals surface area contributed by atoms with Gasteiger partial charge in [0.25, 0.3) is 0 Å². The van der Waals surface area contributed by atoms with Crippen LogP contribution >= 0.6 is 23.2 Å². The van der Waals surface area contributed by atoms with Gasteiger partial charge in [0.05, 0.1) is 0 Å². The molecule has 9 heteroatoms. The lowest BCUT2D eigenvalue weighted by molar-refractivity contribution is -0.0880. The first-order valence-electron chi connectivity index (χ1n) is 16.0. The Labute approximate surface area is 263 Å². The maximum Gasteiger partial charge on any atom is 0.192 e. The smallest absolute Gasteiger partial charge is 0.192 e. The molecule has 0 heterocycles. The van der Waals surface area contributed by atoms with Crippen LogP contribution in [0.5, 0.6) is 0 Å². The SMILES string of the molecule is CC(C)(C)[Si](C)(C)OC[C@H]1CC(O[Si](C)(C)C(C)(C)C)CC[C@]1(C)C1CC[C@]2(C)C(=C(Cl)Cl)CCC2[C@@H]1CN=[N+]=[N-]. The molecular formula is C32H59Cl2N3O2Si2. The molecule has 0 aromatic carbocycles. The van der Waals surface area contributed by atoms with Crippen molar-refractivity contribution in [1.82, 2.24) is 0 Å². The van der Waals surface area contributed by atoms with E-state index in [4.69, 9.17) is 32.1 Å². The van der Waals surface area contributed by atoms with Gasteiger partial charge in [-0.15, -0.1) is 0 Å². The van der Waals surface area contributed by atoms with Crippen molar-refractivity contribution in [3.05, 3.63) is 20.5 Å². The maximum absolute atomic E-state index is 9.39. The summed E-state index contributed by atoms with van der Waals surface area (Å²) in [6.07, 6.45) is 7.73. The van der Waals surface area contributed by atoms with E-state index in [2.05, 4.69) is 91.6 Å². The molecule has 0 aromatic rings. The van der Waals surface area contributed by atoms with E-state index in [1.807, 2.05) is 0 Å². The van der Waals surface area contributed by atoms with Crippen molar-refractivity contribution in [3.8, 4) is 0 Å². The Kier molecular flexibility index (Phi) is 10.7. The summed E-state index contributed by atoms with van der Waals surface area (Å²) in [5, 5.41) is 4.57. The number of fused-ring (bicyclic) bond motifs is 1. The van der Waals surface area contributed by atoms with Gasteiger partial charge in [-0.3, -0.25) is 0 Å². The quantitative estimate of drug-likeness (QED) is 0.114. The van der Waals surface area contributed by atoms with Gasteiger partial charge in [0, 0.05) is 24.2 Å². The third-order valence-electron chi connectivity index (χ3n) is 12.9. The van der Waals surface area contributed by atoms with Gasteiger partial charge >= 0.3 is 0 Å². The molecular weight excluding hydrogens is 585 g/mol. The zero-order valence-electron chi connectivity index (χ0n) is 28.2. The summed E-state index contributed by atoms with van der Waals surface area (Å²) in [4.78, 5) is 3.24. The molecule has 236 valence electrons. The summed E-state index contributed by atoms with van der Waals surface area (Å²) < 4.78 is 14.5. The molecule has 0 amide bonds. The van der Waals surface area contributed by atoms with Gasteiger partial charge in [-0.25, -0.2) is 0 Å². The molecule has 3 saturated carbocycles. The Bertz CT molecular complexity index is 1030. The maximum atomic E-state index is 9.39. The zero-order valence-corrected chi connectivity index (χ0v) is 31.7. The van der Waals surface area contributed by atoms with E-state index in [1.165, 1.54) is 5.57 Å². The standard InChI is InChI=1S/C32H59Cl2N3O2Si2/c1-29(2,3)40(9,10)38-21-22-19-23(39-41(11,12)30(4,5)6)15-17-31(22,7)26-16-18-32(8)25(24(26)20-36-37-35)13-14-27(32)28(33)34/h22-26H,13-21H2,1-12H3/t22-,23?,24+,25?,26?,31+,32+/m1/s1. The zero-order chi connectivity index (χ0) is 31.2. The highest BCUT2D eigenvalue weighted by molar-refractivity contribution is 6.74. The lowest BCUT2D eigenvalue weighted by atomic mass is 9.49. The van der Waals surface area contributed by atoms with Crippen LogP contribution in [0.1, 0.15) is 100 Å². The highest BCUT2D eigenvalue weighted by atomic mass is 35.5. The van der Waals surface area contributed by atoms with Gasteiger partial charge in [0.2, 0.25) is 0 Å². The summed E-state index contributed by atoms with van der Waals surface area (Å²) in [7, 11) is -3.82. The van der Waals surface area contributed by atoms with Crippen LogP contribution in [0.2, 0.25) is 36.3 Å². The minimum atomic E-state index is -1.93. The lowest BCUT2D eigenvalue weighted by Gasteiger charge is -2.57. The molecule has 3 aliphatic rings. The number of rotatable bonds is 8. The average molecular weight is 645 g/mol. The fourth-order valence-electron chi connectivity index (χ4n) is 7.97. The molecule has 3 rings (SSSR count). The van der Waals surface area contributed by atoms with Gasteiger partial charge in [0.1, 0.15) is 4.49 Å². The first-order chi connectivity index (χ1) is 18.6. The second kappa shape index (κ2) is 12.4. The third-order valence-corrected chi connectivity index (χ3v) is 22.3. The number of nitrogens with zero attached hydrogens (tertiary/aromatic N) is 3. The number of hydrogen-bond donors (Lipinski definition) is 0. The predicted molar refractivity (Wildman–Crippen MR) is 180 cm³/mol. The Morgan fingerprint density at radius 2 is 1.56 bits per heavy atom. The second-order valence-corrected chi connectivity index (χ2v) is 27.6. The van der Waals surface area contributed by atoms with Crippen molar-refractivity contribution in [1.29, 1.82) is 0 Å². The molecule has 0 saturated heterocycles. The molecule has 3 aliphatic carbocycles. The average Bonchev–Trinajstić information content (AvgIpc) is 3.18. The van der Waals surface area contributed by atoms with E-state index in [0.717, 1.165) is 51.6 Å². The number of azide groups is 1. The van der Waals surface area contributed by atoms with Gasteiger partial charge in [-0.05, 0) is 127 Å². The minimum Gasteiger partial charge on any atom is -0.417 e. The lowest BCUT2D eigenvalue weighted by Crippen LogP contribution is -2.54. The molecule has 5 nitrogen and oxygen atoms in total. The van der Waals surface area contributed by atoms with Crippen LogP contribution in [0.25, 0.3) is 10.4 Å². The van der Waals surface area contributed by atoms with Gasteiger partial charge in [-0.2, -0.15) is 0 Å². The van der Waals surface area contributed by atoms with E-state index < -0.39 is 16.6 Å². The molecule has 41 heavy (non-hydrogen) atoms. The minimum absolute atomic E-state index is 0.0167. The highest BCUT2D eigenvalue weighted by Gasteiger charge is 2.58. The Balaban J connectivity index is 1.98. The van der Waals surface area contributed by atoms with Crippen molar-refractivity contribution in [2.24, 2.45) is 39.6 Å². The van der Waals surface area contributed by atoms with Gasteiger partial charge in [0.15, 0.2) is 16.6 Å². The molecule has 0 aromatic heterocycles. The Morgan fingerprint density at radius 3 is 2.10 bits per heavy atom. The van der Waals surface area contributed by atoms with Gasteiger partial charge in [-0.1, -0.05) is 83.7 Å². The molecule has 0 spiro atoms. The molecule has 7 atom stereocenters. The van der Waals surface area contributed by atoms with Crippen molar-refractivity contribution < 1.29 is 8.85 Å². The van der Waals surface area contributed by atoms with E-state index >= 15 is 0 Å². The normalized spacial score (nSPS) is 35.2. The van der Waals surface area contributed by atoms with E-state index in [-0.39, 0.29) is 27.0 Å². The van der Waals surface area contributed by atoms with Crippen LogP contribution in [0.3, 0.4) is 0 Å². The Hall–Kier alpha value is -0.0162. The largest absolute Gasteiger partial charge is 0.417 e. The third kappa shape index (κ3) is 7.12. The van der Waals surface area contributed by atoms with Crippen molar-refractivity contribution in [2.75, 3.05) is 13.2 Å². The van der Waals surface area contributed by atoms with E-state index in [0.29, 0.717) is 34.7 Å².